The van der Waals surface area contributed by atoms with E-state index < -0.39 is 0 Å². The topological polar surface area (TPSA) is 67.1 Å². The zero-order chi connectivity index (χ0) is 11.4. The lowest BCUT2D eigenvalue weighted by Crippen LogP contribution is -2.40. The van der Waals surface area contributed by atoms with E-state index >= 15 is 0 Å². The van der Waals surface area contributed by atoms with E-state index in [1.54, 1.807) is 6.07 Å². The van der Waals surface area contributed by atoms with Gasteiger partial charge in [-0.2, -0.15) is 0 Å². The third-order valence-electron chi connectivity index (χ3n) is 3.13. The SMILES string of the molecule is CN1CCCCC1CNc1cc(N)ncn1. The minimum Gasteiger partial charge on any atom is -0.384 e. The Hall–Kier alpha value is -1.36. The molecule has 1 unspecified atom stereocenters. The highest BCUT2D eigenvalue weighted by atomic mass is 15.2. The highest BCUT2D eigenvalue weighted by Gasteiger charge is 2.18. The summed E-state index contributed by atoms with van der Waals surface area (Å²) in [5.74, 6) is 1.32. The second-order valence-corrected chi connectivity index (χ2v) is 4.34. The van der Waals surface area contributed by atoms with Gasteiger partial charge in [-0.1, -0.05) is 6.42 Å². The summed E-state index contributed by atoms with van der Waals surface area (Å²) in [5.41, 5.74) is 5.59. The molecule has 1 aromatic heterocycles. The zero-order valence-electron chi connectivity index (χ0n) is 9.69. The van der Waals surface area contributed by atoms with Crippen molar-refractivity contribution in [1.82, 2.24) is 14.9 Å². The predicted octanol–water partition coefficient (Wildman–Crippen LogP) is 0.955. The number of hydrogen-bond acceptors (Lipinski definition) is 5. The summed E-state index contributed by atoms with van der Waals surface area (Å²) in [4.78, 5) is 10.4. The summed E-state index contributed by atoms with van der Waals surface area (Å²) < 4.78 is 0. The van der Waals surface area contributed by atoms with E-state index in [9.17, 15) is 0 Å². The molecule has 1 aliphatic heterocycles. The van der Waals surface area contributed by atoms with Crippen molar-refractivity contribution in [2.45, 2.75) is 25.3 Å². The Morgan fingerprint density at radius 3 is 3.12 bits per heavy atom. The van der Waals surface area contributed by atoms with Crippen molar-refractivity contribution < 1.29 is 0 Å². The molecule has 5 nitrogen and oxygen atoms in total. The smallest absolute Gasteiger partial charge is 0.131 e. The van der Waals surface area contributed by atoms with Crippen LogP contribution < -0.4 is 11.1 Å². The Balaban J connectivity index is 1.86. The van der Waals surface area contributed by atoms with Crippen molar-refractivity contribution in [2.75, 3.05) is 31.2 Å². The van der Waals surface area contributed by atoms with Crippen LogP contribution in [0, 0.1) is 0 Å². The maximum Gasteiger partial charge on any atom is 0.131 e. The maximum atomic E-state index is 5.59. The van der Waals surface area contributed by atoms with Crippen LogP contribution >= 0.6 is 0 Å². The Morgan fingerprint density at radius 2 is 2.38 bits per heavy atom. The van der Waals surface area contributed by atoms with Gasteiger partial charge in [-0.15, -0.1) is 0 Å². The molecule has 1 saturated heterocycles. The molecule has 1 aliphatic rings. The van der Waals surface area contributed by atoms with Crippen molar-refractivity contribution in [3.63, 3.8) is 0 Å². The van der Waals surface area contributed by atoms with Gasteiger partial charge >= 0.3 is 0 Å². The fraction of sp³-hybridized carbons (Fsp3) is 0.636. The van der Waals surface area contributed by atoms with Gasteiger partial charge in [0.05, 0.1) is 0 Å². The van der Waals surface area contributed by atoms with Gasteiger partial charge in [0.15, 0.2) is 0 Å². The van der Waals surface area contributed by atoms with Crippen molar-refractivity contribution in [2.24, 2.45) is 0 Å². The Bertz CT molecular complexity index is 341. The predicted molar refractivity (Wildman–Crippen MR) is 65.2 cm³/mol. The lowest BCUT2D eigenvalue weighted by atomic mass is 10.0. The molecule has 0 radical (unpaired) electrons. The molecule has 1 fully saturated rings. The first kappa shape index (κ1) is 11.1. The zero-order valence-corrected chi connectivity index (χ0v) is 9.69. The number of nitrogens with one attached hydrogen (secondary N) is 1. The summed E-state index contributed by atoms with van der Waals surface area (Å²) >= 11 is 0. The van der Waals surface area contributed by atoms with Gasteiger partial charge in [0.2, 0.25) is 0 Å². The van der Waals surface area contributed by atoms with Gasteiger partial charge in [-0.05, 0) is 26.4 Å². The Morgan fingerprint density at radius 1 is 1.50 bits per heavy atom. The quantitative estimate of drug-likeness (QED) is 0.795. The molecule has 3 N–H and O–H groups in total. The molecule has 5 heteroatoms. The summed E-state index contributed by atoms with van der Waals surface area (Å²) in [6, 6.07) is 2.37. The van der Waals surface area contributed by atoms with E-state index in [2.05, 4.69) is 27.2 Å². The van der Waals surface area contributed by atoms with Crippen LogP contribution in [0.1, 0.15) is 19.3 Å². The monoisotopic (exact) mass is 221 g/mol. The van der Waals surface area contributed by atoms with E-state index in [1.165, 1.54) is 32.1 Å². The number of nitrogen functional groups attached to an aromatic ring is 1. The molecular formula is C11H19N5. The van der Waals surface area contributed by atoms with Crippen LogP contribution in [-0.4, -0.2) is 41.0 Å². The first-order chi connectivity index (χ1) is 7.75. The second-order valence-electron chi connectivity index (χ2n) is 4.34. The fourth-order valence-electron chi connectivity index (χ4n) is 2.09. The number of hydrogen-bond donors (Lipinski definition) is 2. The van der Waals surface area contributed by atoms with Crippen LogP contribution in [0.5, 0.6) is 0 Å². The van der Waals surface area contributed by atoms with Crippen LogP contribution in [0.3, 0.4) is 0 Å². The van der Waals surface area contributed by atoms with Crippen molar-refractivity contribution in [1.29, 1.82) is 0 Å². The van der Waals surface area contributed by atoms with E-state index in [1.807, 2.05) is 0 Å². The van der Waals surface area contributed by atoms with Crippen molar-refractivity contribution in [3.8, 4) is 0 Å². The van der Waals surface area contributed by atoms with Crippen molar-refractivity contribution in [3.05, 3.63) is 12.4 Å². The second kappa shape index (κ2) is 5.12. The minimum atomic E-state index is 0.509. The molecule has 2 heterocycles. The van der Waals surface area contributed by atoms with Crippen molar-refractivity contribution >= 4 is 11.6 Å². The molecule has 0 saturated carbocycles. The molecule has 0 aromatic carbocycles. The van der Waals surface area contributed by atoms with Gasteiger partial charge in [0.1, 0.15) is 18.0 Å². The third-order valence-corrected chi connectivity index (χ3v) is 3.13. The average molecular weight is 221 g/mol. The normalized spacial score (nSPS) is 21.9. The molecule has 88 valence electrons. The van der Waals surface area contributed by atoms with E-state index in [0.717, 1.165) is 12.4 Å². The number of likely N-dealkylation sites (N-methyl/N-ethyl adjacent to an activating group) is 1. The summed E-state index contributed by atoms with van der Waals surface area (Å²) in [7, 11) is 2.18. The largest absolute Gasteiger partial charge is 0.384 e. The fourth-order valence-corrected chi connectivity index (χ4v) is 2.09. The average Bonchev–Trinajstić information content (AvgIpc) is 2.28. The van der Waals surface area contributed by atoms with Crippen LogP contribution in [0.4, 0.5) is 11.6 Å². The molecule has 0 aliphatic carbocycles. The highest BCUT2D eigenvalue weighted by molar-refractivity contribution is 5.43. The molecular weight excluding hydrogens is 202 g/mol. The lowest BCUT2D eigenvalue weighted by molar-refractivity contribution is 0.194. The summed E-state index contributed by atoms with van der Waals surface area (Å²) in [5, 5.41) is 3.31. The van der Waals surface area contributed by atoms with Gasteiger partial charge in [-0.3, -0.25) is 0 Å². The van der Waals surface area contributed by atoms with E-state index in [-0.39, 0.29) is 0 Å². The maximum absolute atomic E-state index is 5.59. The minimum absolute atomic E-state index is 0.509. The summed E-state index contributed by atoms with van der Waals surface area (Å²) in [6.07, 6.45) is 5.38. The molecule has 1 aromatic rings. The van der Waals surface area contributed by atoms with Gasteiger partial charge in [0, 0.05) is 18.7 Å². The molecule has 0 bridgehead atoms. The molecule has 1 atom stereocenters. The van der Waals surface area contributed by atoms with Gasteiger partial charge in [-0.25, -0.2) is 9.97 Å². The van der Waals surface area contributed by atoms with E-state index in [4.69, 9.17) is 5.73 Å². The van der Waals surface area contributed by atoms with Crippen LogP contribution in [-0.2, 0) is 0 Å². The summed E-state index contributed by atoms with van der Waals surface area (Å²) in [6.45, 7) is 2.12. The van der Waals surface area contributed by atoms with Crippen LogP contribution in [0.25, 0.3) is 0 Å². The lowest BCUT2D eigenvalue weighted by Gasteiger charge is -2.32. The first-order valence-corrected chi connectivity index (χ1v) is 5.77. The first-order valence-electron chi connectivity index (χ1n) is 5.77. The van der Waals surface area contributed by atoms with Crippen LogP contribution in [0.15, 0.2) is 12.4 Å². The van der Waals surface area contributed by atoms with E-state index in [0.29, 0.717) is 11.9 Å². The number of likely N-dealkylation sites (tertiary alicyclic amines) is 1. The van der Waals surface area contributed by atoms with Gasteiger partial charge in [0.25, 0.3) is 0 Å². The number of aromatic nitrogens is 2. The number of anilines is 2. The standard InChI is InChI=1S/C11H19N5/c1-16-5-3-2-4-9(16)7-13-11-6-10(12)14-8-15-11/h6,8-9H,2-5,7H2,1H3,(H3,12,13,14,15). The number of nitrogens with zero attached hydrogens (tertiary/aromatic N) is 3. The van der Waals surface area contributed by atoms with Crippen LogP contribution in [0.2, 0.25) is 0 Å². The molecule has 16 heavy (non-hydrogen) atoms. The number of piperidine rings is 1. The molecule has 2 rings (SSSR count). The number of nitrogens with two attached hydrogens (primary N) is 1. The third kappa shape index (κ3) is 2.82. The highest BCUT2D eigenvalue weighted by Crippen LogP contribution is 2.15. The van der Waals surface area contributed by atoms with Gasteiger partial charge < -0.3 is 16.0 Å². The number of rotatable bonds is 3. The Labute approximate surface area is 96.1 Å². The molecule has 0 spiro atoms. The molecule has 0 amide bonds. The Kier molecular flexibility index (Phi) is 3.56.